The second kappa shape index (κ2) is 7.44. The van der Waals surface area contributed by atoms with Gasteiger partial charge in [-0.05, 0) is 18.1 Å². The largest absolute Gasteiger partial charge is 0.294 e. The van der Waals surface area contributed by atoms with Crippen LogP contribution in [0.4, 0.5) is 0 Å². The highest BCUT2D eigenvalue weighted by atomic mass is 16.1. The number of hydrogen-bond acceptors (Lipinski definition) is 1. The first-order valence-corrected chi connectivity index (χ1v) is 6.40. The summed E-state index contributed by atoms with van der Waals surface area (Å²) in [6, 6.07) is 17.4. The lowest BCUT2D eigenvalue weighted by molar-refractivity contribution is 0.0993. The molecule has 0 atom stereocenters. The Morgan fingerprint density at radius 1 is 0.889 bits per heavy atom. The minimum atomic E-state index is 0.176. The SMILES string of the molecule is CC.Cc1ccccc1CC(=O)c1ccccc1. The molecule has 0 unspecified atom stereocenters. The molecule has 0 aliphatic rings. The minimum absolute atomic E-state index is 0.176. The first kappa shape index (κ1) is 14.2. The summed E-state index contributed by atoms with van der Waals surface area (Å²) in [5, 5.41) is 0. The van der Waals surface area contributed by atoms with E-state index >= 15 is 0 Å². The van der Waals surface area contributed by atoms with Crippen LogP contribution >= 0.6 is 0 Å². The van der Waals surface area contributed by atoms with E-state index < -0.39 is 0 Å². The number of carbonyl (C=O) groups is 1. The molecule has 0 aliphatic carbocycles. The number of aryl methyl sites for hydroxylation is 1. The van der Waals surface area contributed by atoms with Crippen LogP contribution in [0.1, 0.15) is 35.3 Å². The molecule has 0 N–H and O–H groups in total. The molecule has 1 nitrogen and oxygen atoms in total. The van der Waals surface area contributed by atoms with Crippen molar-refractivity contribution in [3.63, 3.8) is 0 Å². The normalized spacial score (nSPS) is 9.28. The molecule has 0 radical (unpaired) electrons. The van der Waals surface area contributed by atoms with Crippen molar-refractivity contribution in [2.45, 2.75) is 27.2 Å². The van der Waals surface area contributed by atoms with Crippen molar-refractivity contribution in [3.8, 4) is 0 Å². The maximum Gasteiger partial charge on any atom is 0.167 e. The zero-order chi connectivity index (χ0) is 13.4. The number of Topliss-reactive ketones (excluding diaryl/α,β-unsaturated/α-hetero) is 1. The van der Waals surface area contributed by atoms with Gasteiger partial charge in [0.2, 0.25) is 0 Å². The van der Waals surface area contributed by atoms with E-state index in [1.165, 1.54) is 5.56 Å². The lowest BCUT2D eigenvalue weighted by Gasteiger charge is -2.04. The first-order chi connectivity index (χ1) is 8.77. The Balaban J connectivity index is 0.000000771. The molecule has 1 heteroatoms. The fraction of sp³-hybridized carbons (Fsp3) is 0.235. The van der Waals surface area contributed by atoms with E-state index in [0.29, 0.717) is 6.42 Å². The van der Waals surface area contributed by atoms with E-state index in [9.17, 15) is 4.79 Å². The Morgan fingerprint density at radius 3 is 2.06 bits per heavy atom. The zero-order valence-electron chi connectivity index (χ0n) is 11.3. The van der Waals surface area contributed by atoms with Crippen molar-refractivity contribution >= 4 is 5.78 Å². The lowest BCUT2D eigenvalue weighted by atomic mass is 10.00. The quantitative estimate of drug-likeness (QED) is 0.724. The van der Waals surface area contributed by atoms with E-state index in [-0.39, 0.29) is 5.78 Å². The van der Waals surface area contributed by atoms with E-state index in [4.69, 9.17) is 0 Å². The number of hydrogen-bond donors (Lipinski definition) is 0. The Hall–Kier alpha value is -1.89. The van der Waals surface area contributed by atoms with Gasteiger partial charge in [-0.2, -0.15) is 0 Å². The molecular weight excluding hydrogens is 220 g/mol. The van der Waals surface area contributed by atoms with E-state index in [1.807, 2.05) is 75.4 Å². The molecule has 2 aromatic carbocycles. The average Bonchev–Trinajstić information content (AvgIpc) is 2.44. The predicted molar refractivity (Wildman–Crippen MR) is 77.0 cm³/mol. The molecular formula is C17H20O. The van der Waals surface area contributed by atoms with Crippen molar-refractivity contribution in [2.24, 2.45) is 0 Å². The molecule has 94 valence electrons. The van der Waals surface area contributed by atoms with Crippen LogP contribution < -0.4 is 0 Å². The van der Waals surface area contributed by atoms with Crippen LogP contribution in [-0.4, -0.2) is 5.78 Å². The van der Waals surface area contributed by atoms with Crippen LogP contribution in [0.5, 0.6) is 0 Å². The van der Waals surface area contributed by atoms with Crippen molar-refractivity contribution < 1.29 is 4.79 Å². The van der Waals surface area contributed by atoms with Crippen molar-refractivity contribution in [2.75, 3.05) is 0 Å². The third kappa shape index (κ3) is 3.85. The molecule has 0 spiro atoms. The summed E-state index contributed by atoms with van der Waals surface area (Å²) in [5.41, 5.74) is 3.06. The second-order valence-electron chi connectivity index (χ2n) is 3.89. The van der Waals surface area contributed by atoms with Gasteiger partial charge in [0.05, 0.1) is 0 Å². The second-order valence-corrected chi connectivity index (χ2v) is 3.89. The molecule has 2 rings (SSSR count). The number of ketones is 1. The van der Waals surface area contributed by atoms with E-state index in [0.717, 1.165) is 11.1 Å². The van der Waals surface area contributed by atoms with Gasteiger partial charge in [-0.15, -0.1) is 0 Å². The minimum Gasteiger partial charge on any atom is -0.294 e. The Morgan fingerprint density at radius 2 is 1.44 bits per heavy atom. The van der Waals surface area contributed by atoms with Gasteiger partial charge in [0, 0.05) is 12.0 Å². The number of benzene rings is 2. The monoisotopic (exact) mass is 240 g/mol. The van der Waals surface area contributed by atoms with Crippen LogP contribution in [0.2, 0.25) is 0 Å². The summed E-state index contributed by atoms with van der Waals surface area (Å²) in [4.78, 5) is 12.0. The average molecular weight is 240 g/mol. The summed E-state index contributed by atoms with van der Waals surface area (Å²) >= 11 is 0. The predicted octanol–water partition coefficient (Wildman–Crippen LogP) is 4.45. The molecule has 0 saturated heterocycles. The van der Waals surface area contributed by atoms with Gasteiger partial charge in [0.1, 0.15) is 0 Å². The molecule has 0 bridgehead atoms. The topological polar surface area (TPSA) is 17.1 Å². The maximum absolute atomic E-state index is 12.0. The summed E-state index contributed by atoms with van der Waals surface area (Å²) in [6.45, 7) is 6.04. The third-order valence-electron chi connectivity index (χ3n) is 2.71. The van der Waals surface area contributed by atoms with Crippen molar-refractivity contribution in [1.29, 1.82) is 0 Å². The standard InChI is InChI=1S/C15H14O.C2H6/c1-12-7-5-6-10-14(12)11-15(16)13-8-3-2-4-9-13;1-2/h2-10H,11H2,1H3;1-2H3. The Kier molecular flexibility index (Phi) is 5.86. The maximum atomic E-state index is 12.0. The van der Waals surface area contributed by atoms with Gasteiger partial charge in [-0.1, -0.05) is 68.4 Å². The van der Waals surface area contributed by atoms with Crippen molar-refractivity contribution in [3.05, 3.63) is 71.3 Å². The van der Waals surface area contributed by atoms with Crippen LogP contribution in [-0.2, 0) is 6.42 Å². The molecule has 0 amide bonds. The summed E-state index contributed by atoms with van der Waals surface area (Å²) in [5.74, 6) is 0.176. The highest BCUT2D eigenvalue weighted by Crippen LogP contribution is 2.11. The van der Waals surface area contributed by atoms with Gasteiger partial charge in [-0.3, -0.25) is 4.79 Å². The molecule has 0 heterocycles. The van der Waals surface area contributed by atoms with Crippen LogP contribution in [0.15, 0.2) is 54.6 Å². The van der Waals surface area contributed by atoms with Gasteiger partial charge >= 0.3 is 0 Å². The summed E-state index contributed by atoms with van der Waals surface area (Å²) in [7, 11) is 0. The molecule has 0 aromatic heterocycles. The summed E-state index contributed by atoms with van der Waals surface area (Å²) in [6.07, 6.45) is 0.483. The van der Waals surface area contributed by atoms with Crippen LogP contribution in [0, 0.1) is 6.92 Å². The number of carbonyl (C=O) groups excluding carboxylic acids is 1. The smallest absolute Gasteiger partial charge is 0.167 e. The summed E-state index contributed by atoms with van der Waals surface area (Å²) < 4.78 is 0. The Labute approximate surface area is 109 Å². The third-order valence-corrected chi connectivity index (χ3v) is 2.71. The van der Waals surface area contributed by atoms with E-state index in [2.05, 4.69) is 0 Å². The number of rotatable bonds is 3. The van der Waals surface area contributed by atoms with Crippen molar-refractivity contribution in [1.82, 2.24) is 0 Å². The van der Waals surface area contributed by atoms with Gasteiger partial charge in [0.15, 0.2) is 5.78 Å². The lowest BCUT2D eigenvalue weighted by Crippen LogP contribution is -2.04. The molecule has 0 saturated carbocycles. The first-order valence-electron chi connectivity index (χ1n) is 6.40. The van der Waals surface area contributed by atoms with Crippen LogP contribution in [0.3, 0.4) is 0 Å². The highest BCUT2D eigenvalue weighted by Gasteiger charge is 2.07. The van der Waals surface area contributed by atoms with E-state index in [1.54, 1.807) is 0 Å². The van der Waals surface area contributed by atoms with Crippen LogP contribution in [0.25, 0.3) is 0 Å². The molecule has 18 heavy (non-hydrogen) atoms. The fourth-order valence-corrected chi connectivity index (χ4v) is 1.71. The zero-order valence-corrected chi connectivity index (χ0v) is 11.3. The van der Waals surface area contributed by atoms with Gasteiger partial charge < -0.3 is 0 Å². The molecule has 2 aromatic rings. The van der Waals surface area contributed by atoms with Gasteiger partial charge in [0.25, 0.3) is 0 Å². The molecule has 0 aliphatic heterocycles. The highest BCUT2D eigenvalue weighted by molar-refractivity contribution is 5.97. The van der Waals surface area contributed by atoms with Gasteiger partial charge in [-0.25, -0.2) is 0 Å². The fourth-order valence-electron chi connectivity index (χ4n) is 1.71. The Bertz CT molecular complexity index is 486. The molecule has 0 fully saturated rings.